The van der Waals surface area contributed by atoms with Gasteiger partial charge in [-0.2, -0.15) is 4.31 Å². The maximum absolute atomic E-state index is 11.9. The SMILES string of the molecule is C=CCN(C1CCCC1)S(=O)(=O)CCCl. The molecule has 1 fully saturated rings. The fraction of sp³-hybridized carbons (Fsp3) is 0.800. The quantitative estimate of drug-likeness (QED) is 0.535. The van der Waals surface area contributed by atoms with Crippen LogP contribution in [0.15, 0.2) is 12.7 Å². The first-order chi connectivity index (χ1) is 7.11. The van der Waals surface area contributed by atoms with Crippen molar-refractivity contribution in [1.82, 2.24) is 4.31 Å². The van der Waals surface area contributed by atoms with Crippen LogP contribution in [0.25, 0.3) is 0 Å². The molecule has 1 saturated carbocycles. The lowest BCUT2D eigenvalue weighted by atomic mass is 10.2. The van der Waals surface area contributed by atoms with Crippen LogP contribution in [0.4, 0.5) is 0 Å². The third kappa shape index (κ3) is 3.47. The van der Waals surface area contributed by atoms with Crippen LogP contribution >= 0.6 is 11.6 Å². The van der Waals surface area contributed by atoms with Gasteiger partial charge in [0.05, 0.1) is 5.75 Å². The van der Waals surface area contributed by atoms with E-state index in [1.54, 1.807) is 10.4 Å². The fourth-order valence-electron chi connectivity index (χ4n) is 2.02. The van der Waals surface area contributed by atoms with Gasteiger partial charge in [0.1, 0.15) is 0 Å². The molecule has 0 aromatic rings. The summed E-state index contributed by atoms with van der Waals surface area (Å²) in [5.41, 5.74) is 0. The smallest absolute Gasteiger partial charge is 0.212 e. The van der Waals surface area contributed by atoms with E-state index in [1.807, 2.05) is 0 Å². The predicted molar refractivity (Wildman–Crippen MR) is 63.7 cm³/mol. The normalized spacial score (nSPS) is 18.5. The second-order valence-electron chi connectivity index (χ2n) is 3.80. The highest BCUT2D eigenvalue weighted by molar-refractivity contribution is 7.89. The summed E-state index contributed by atoms with van der Waals surface area (Å²) in [6, 6.07) is 0.163. The molecule has 0 aromatic carbocycles. The molecule has 0 aromatic heterocycles. The van der Waals surface area contributed by atoms with Crippen molar-refractivity contribution in [3.8, 4) is 0 Å². The summed E-state index contributed by atoms with van der Waals surface area (Å²) in [4.78, 5) is 0. The molecule has 0 bridgehead atoms. The molecular weight excluding hydrogens is 234 g/mol. The lowest BCUT2D eigenvalue weighted by Gasteiger charge is -2.26. The van der Waals surface area contributed by atoms with Crippen LogP contribution in [0.3, 0.4) is 0 Å². The van der Waals surface area contributed by atoms with Crippen molar-refractivity contribution in [3.63, 3.8) is 0 Å². The molecule has 1 aliphatic rings. The van der Waals surface area contributed by atoms with E-state index in [2.05, 4.69) is 6.58 Å². The van der Waals surface area contributed by atoms with Crippen LogP contribution in [0.2, 0.25) is 0 Å². The van der Waals surface area contributed by atoms with E-state index in [4.69, 9.17) is 11.6 Å². The maximum atomic E-state index is 11.9. The number of hydrogen-bond donors (Lipinski definition) is 0. The molecule has 0 aliphatic heterocycles. The van der Waals surface area contributed by atoms with Crippen LogP contribution < -0.4 is 0 Å². The monoisotopic (exact) mass is 251 g/mol. The second kappa shape index (κ2) is 5.87. The van der Waals surface area contributed by atoms with Gasteiger partial charge in [0.2, 0.25) is 10.0 Å². The molecule has 15 heavy (non-hydrogen) atoms. The minimum absolute atomic E-state index is 0.0267. The van der Waals surface area contributed by atoms with Crippen molar-refractivity contribution in [2.75, 3.05) is 18.2 Å². The second-order valence-corrected chi connectivity index (χ2v) is 6.22. The molecule has 0 saturated heterocycles. The van der Waals surface area contributed by atoms with Gasteiger partial charge in [-0.3, -0.25) is 0 Å². The van der Waals surface area contributed by atoms with Crippen molar-refractivity contribution in [3.05, 3.63) is 12.7 Å². The van der Waals surface area contributed by atoms with Gasteiger partial charge in [0.25, 0.3) is 0 Å². The highest BCUT2D eigenvalue weighted by atomic mass is 35.5. The summed E-state index contributed by atoms with van der Waals surface area (Å²) >= 11 is 5.51. The molecule has 0 heterocycles. The number of sulfonamides is 1. The largest absolute Gasteiger partial charge is 0.215 e. The highest BCUT2D eigenvalue weighted by Crippen LogP contribution is 2.25. The minimum Gasteiger partial charge on any atom is -0.212 e. The lowest BCUT2D eigenvalue weighted by Crippen LogP contribution is -2.40. The van der Waals surface area contributed by atoms with Crippen molar-refractivity contribution >= 4 is 21.6 Å². The van der Waals surface area contributed by atoms with Gasteiger partial charge < -0.3 is 0 Å². The summed E-state index contributed by atoms with van der Waals surface area (Å²) in [6.45, 7) is 4.01. The zero-order valence-corrected chi connectivity index (χ0v) is 10.4. The first-order valence-corrected chi connectivity index (χ1v) is 7.42. The maximum Gasteiger partial charge on any atom is 0.215 e. The van der Waals surface area contributed by atoms with E-state index < -0.39 is 10.0 Å². The van der Waals surface area contributed by atoms with Gasteiger partial charge in [-0.05, 0) is 12.8 Å². The van der Waals surface area contributed by atoms with Crippen molar-refractivity contribution < 1.29 is 8.42 Å². The Labute approximate surface area is 97.2 Å². The molecule has 3 nitrogen and oxygen atoms in total. The van der Waals surface area contributed by atoms with Gasteiger partial charge in [-0.15, -0.1) is 18.2 Å². The Bertz CT molecular complexity index is 297. The van der Waals surface area contributed by atoms with Gasteiger partial charge >= 0.3 is 0 Å². The van der Waals surface area contributed by atoms with Crippen molar-refractivity contribution in [2.24, 2.45) is 0 Å². The number of rotatable bonds is 6. The number of alkyl halides is 1. The topological polar surface area (TPSA) is 37.4 Å². The Balaban J connectivity index is 2.75. The first-order valence-electron chi connectivity index (χ1n) is 5.28. The standard InChI is InChI=1S/C10H18ClNO2S/c1-2-8-12(10-5-3-4-6-10)15(13,14)9-7-11/h2,10H,1,3-9H2. The van der Waals surface area contributed by atoms with Crippen LogP contribution in [0, 0.1) is 0 Å². The third-order valence-electron chi connectivity index (χ3n) is 2.73. The van der Waals surface area contributed by atoms with E-state index >= 15 is 0 Å². The zero-order chi connectivity index (χ0) is 11.3. The van der Waals surface area contributed by atoms with Crippen LogP contribution in [0.5, 0.6) is 0 Å². The summed E-state index contributed by atoms with van der Waals surface area (Å²) in [6.07, 6.45) is 5.82. The third-order valence-corrected chi connectivity index (χ3v) is 5.03. The van der Waals surface area contributed by atoms with E-state index in [0.717, 1.165) is 25.7 Å². The summed E-state index contributed by atoms with van der Waals surface area (Å²) in [7, 11) is -3.19. The first kappa shape index (κ1) is 13.0. The summed E-state index contributed by atoms with van der Waals surface area (Å²) < 4.78 is 25.4. The number of hydrogen-bond acceptors (Lipinski definition) is 2. The molecule has 0 amide bonds. The lowest BCUT2D eigenvalue weighted by molar-refractivity contribution is 0.348. The molecule has 0 atom stereocenters. The molecule has 88 valence electrons. The molecule has 0 spiro atoms. The van der Waals surface area contributed by atoms with E-state index in [9.17, 15) is 8.42 Å². The van der Waals surface area contributed by atoms with Crippen LogP contribution in [-0.4, -0.2) is 36.9 Å². The van der Waals surface area contributed by atoms with E-state index in [0.29, 0.717) is 6.54 Å². The average molecular weight is 252 g/mol. The molecule has 1 aliphatic carbocycles. The molecule has 1 rings (SSSR count). The van der Waals surface area contributed by atoms with Gasteiger partial charge in [0, 0.05) is 18.5 Å². The van der Waals surface area contributed by atoms with Gasteiger partial charge in [-0.1, -0.05) is 18.9 Å². The Hall–Kier alpha value is -0.0600. The average Bonchev–Trinajstić information content (AvgIpc) is 2.66. The molecule has 0 unspecified atom stereocenters. The molecule has 0 radical (unpaired) electrons. The summed E-state index contributed by atoms with van der Waals surface area (Å²) in [5.74, 6) is 0.182. The Morgan fingerprint density at radius 3 is 2.47 bits per heavy atom. The Kier molecular flexibility index (Phi) is 5.09. The van der Waals surface area contributed by atoms with Gasteiger partial charge in [-0.25, -0.2) is 8.42 Å². The predicted octanol–water partition coefficient (Wildman–Crippen LogP) is 1.99. The molecule has 0 N–H and O–H groups in total. The Morgan fingerprint density at radius 1 is 1.40 bits per heavy atom. The van der Waals surface area contributed by atoms with E-state index in [-0.39, 0.29) is 17.7 Å². The van der Waals surface area contributed by atoms with E-state index in [1.165, 1.54) is 0 Å². The van der Waals surface area contributed by atoms with Gasteiger partial charge in [0.15, 0.2) is 0 Å². The Morgan fingerprint density at radius 2 is 2.00 bits per heavy atom. The zero-order valence-electron chi connectivity index (χ0n) is 8.86. The highest BCUT2D eigenvalue weighted by Gasteiger charge is 2.30. The number of nitrogens with zero attached hydrogens (tertiary/aromatic N) is 1. The van der Waals surface area contributed by atoms with Crippen LogP contribution in [-0.2, 0) is 10.0 Å². The number of halogens is 1. The molecule has 5 heteroatoms. The molecular formula is C10H18ClNO2S. The summed E-state index contributed by atoms with van der Waals surface area (Å²) in [5, 5.41) is 0. The minimum atomic E-state index is -3.19. The van der Waals surface area contributed by atoms with Crippen molar-refractivity contribution in [2.45, 2.75) is 31.7 Å². The van der Waals surface area contributed by atoms with Crippen molar-refractivity contribution in [1.29, 1.82) is 0 Å². The fourth-order valence-corrected chi connectivity index (χ4v) is 4.04. The van der Waals surface area contributed by atoms with Crippen LogP contribution in [0.1, 0.15) is 25.7 Å².